The predicted molar refractivity (Wildman–Crippen MR) is 65.0 cm³/mol. The van der Waals surface area contributed by atoms with Crippen LogP contribution in [0.2, 0.25) is 0 Å². The van der Waals surface area contributed by atoms with Gasteiger partial charge in [-0.05, 0) is 12.1 Å². The summed E-state index contributed by atoms with van der Waals surface area (Å²) in [5.41, 5.74) is 6.90. The number of carbonyl (C=O) groups is 4. The molecule has 1 saturated heterocycles. The fourth-order valence-electron chi connectivity index (χ4n) is 1.56. The summed E-state index contributed by atoms with van der Waals surface area (Å²) in [6.45, 7) is 0. The lowest BCUT2D eigenvalue weighted by atomic mass is 10.1. The Labute approximate surface area is 112 Å². The minimum atomic E-state index is -1.50. The third-order valence-corrected chi connectivity index (χ3v) is 2.51. The molecule has 9 heteroatoms. The van der Waals surface area contributed by atoms with E-state index in [1.165, 1.54) is 24.5 Å². The number of nitrogens with two attached hydrogens (primary N) is 1. The quantitative estimate of drug-likeness (QED) is 0.329. The minimum absolute atomic E-state index is 0.254. The van der Waals surface area contributed by atoms with E-state index in [-0.39, 0.29) is 5.56 Å². The summed E-state index contributed by atoms with van der Waals surface area (Å²) in [7, 11) is 0. The molecule has 4 amide bonds. The molecule has 1 unspecified atom stereocenters. The molecule has 1 aromatic rings. The first-order valence-corrected chi connectivity index (χ1v) is 5.43. The zero-order valence-corrected chi connectivity index (χ0v) is 9.99. The van der Waals surface area contributed by atoms with Gasteiger partial charge in [0.1, 0.15) is 5.71 Å². The van der Waals surface area contributed by atoms with Crippen molar-refractivity contribution in [1.29, 1.82) is 0 Å². The second kappa shape index (κ2) is 5.26. The van der Waals surface area contributed by atoms with Crippen LogP contribution in [0.15, 0.2) is 29.6 Å². The van der Waals surface area contributed by atoms with Crippen molar-refractivity contribution < 1.29 is 19.2 Å². The molecule has 0 aliphatic carbocycles. The van der Waals surface area contributed by atoms with E-state index in [1.807, 2.05) is 5.32 Å². The third kappa shape index (κ3) is 2.51. The number of primary amides is 1. The van der Waals surface area contributed by atoms with Crippen LogP contribution in [-0.4, -0.2) is 34.3 Å². The molecule has 2 heterocycles. The lowest BCUT2D eigenvalue weighted by Crippen LogP contribution is -2.34. The molecule has 0 radical (unpaired) electrons. The molecule has 102 valence electrons. The van der Waals surface area contributed by atoms with Crippen molar-refractivity contribution in [2.75, 3.05) is 0 Å². The zero-order chi connectivity index (χ0) is 14.7. The maximum absolute atomic E-state index is 11.7. The van der Waals surface area contributed by atoms with Gasteiger partial charge in [0.25, 0.3) is 11.8 Å². The first-order valence-electron chi connectivity index (χ1n) is 5.43. The van der Waals surface area contributed by atoms with Crippen LogP contribution in [0, 0.1) is 5.92 Å². The number of hydrazone groups is 1. The number of aromatic nitrogens is 1. The monoisotopic (exact) mass is 275 g/mol. The summed E-state index contributed by atoms with van der Waals surface area (Å²) in [6, 6.07) is 2.86. The lowest BCUT2D eigenvalue weighted by molar-refractivity contribution is -0.130. The highest BCUT2D eigenvalue weighted by molar-refractivity contribution is 6.54. The number of carbonyl (C=O) groups excluding carboxylic acids is 4. The van der Waals surface area contributed by atoms with Crippen LogP contribution >= 0.6 is 0 Å². The van der Waals surface area contributed by atoms with Crippen LogP contribution in [0.25, 0.3) is 0 Å². The molecule has 1 atom stereocenters. The molecule has 2 rings (SSSR count). The van der Waals surface area contributed by atoms with Crippen molar-refractivity contribution in [2.45, 2.75) is 0 Å². The van der Waals surface area contributed by atoms with Gasteiger partial charge in [0.05, 0.1) is 0 Å². The number of amides is 4. The Bertz CT molecular complexity index is 625. The van der Waals surface area contributed by atoms with Gasteiger partial charge in [0.15, 0.2) is 5.92 Å². The average molecular weight is 275 g/mol. The molecule has 0 aromatic carbocycles. The first kappa shape index (κ1) is 13.3. The number of hydrogen-bond acceptors (Lipinski definition) is 6. The Hall–Kier alpha value is -3.10. The van der Waals surface area contributed by atoms with Gasteiger partial charge in [-0.2, -0.15) is 5.10 Å². The van der Waals surface area contributed by atoms with Crippen LogP contribution in [-0.2, 0) is 14.4 Å². The van der Waals surface area contributed by atoms with Gasteiger partial charge in [-0.3, -0.25) is 29.5 Å². The maximum atomic E-state index is 11.7. The summed E-state index contributed by atoms with van der Waals surface area (Å²) in [6.07, 6.45) is 2.81. The molecule has 1 aromatic heterocycles. The standard InChI is InChI=1S/C11H9N5O4/c12-8(17)6-7(11(20)14-10(6)19)15-16-9(18)5-1-3-13-4-2-5/h1-4,6H,(H2,12,17)(H,16,18)(H,14,19,20). The van der Waals surface area contributed by atoms with E-state index in [0.29, 0.717) is 0 Å². The summed E-state index contributed by atoms with van der Waals surface area (Å²) >= 11 is 0. The largest absolute Gasteiger partial charge is 0.369 e. The third-order valence-electron chi connectivity index (χ3n) is 2.51. The van der Waals surface area contributed by atoms with E-state index in [4.69, 9.17) is 5.73 Å². The Kier molecular flexibility index (Phi) is 3.51. The molecule has 4 N–H and O–H groups in total. The fraction of sp³-hybridized carbons (Fsp3) is 0.0909. The van der Waals surface area contributed by atoms with E-state index < -0.39 is 35.3 Å². The Morgan fingerprint density at radius 3 is 2.55 bits per heavy atom. The Morgan fingerprint density at radius 2 is 1.95 bits per heavy atom. The van der Waals surface area contributed by atoms with Gasteiger partial charge in [0, 0.05) is 18.0 Å². The van der Waals surface area contributed by atoms with Gasteiger partial charge >= 0.3 is 0 Å². The summed E-state index contributed by atoms with van der Waals surface area (Å²) in [5.74, 6) is -4.87. The average Bonchev–Trinajstić information content (AvgIpc) is 2.71. The summed E-state index contributed by atoms with van der Waals surface area (Å²) < 4.78 is 0. The van der Waals surface area contributed by atoms with Crippen molar-refractivity contribution in [3.05, 3.63) is 30.1 Å². The first-order chi connectivity index (χ1) is 9.50. The molecular formula is C11H9N5O4. The fourth-order valence-corrected chi connectivity index (χ4v) is 1.56. The number of nitrogens with one attached hydrogen (secondary N) is 2. The number of nitrogens with zero attached hydrogens (tertiary/aromatic N) is 2. The molecular weight excluding hydrogens is 266 g/mol. The highest BCUT2D eigenvalue weighted by Gasteiger charge is 2.42. The molecule has 1 fully saturated rings. The highest BCUT2D eigenvalue weighted by Crippen LogP contribution is 2.07. The highest BCUT2D eigenvalue weighted by atomic mass is 16.2. The van der Waals surface area contributed by atoms with E-state index in [1.54, 1.807) is 0 Å². The molecule has 0 spiro atoms. The lowest BCUT2D eigenvalue weighted by Gasteiger charge is -2.03. The van der Waals surface area contributed by atoms with Gasteiger partial charge < -0.3 is 5.73 Å². The van der Waals surface area contributed by atoms with Gasteiger partial charge in [-0.15, -0.1) is 0 Å². The molecule has 9 nitrogen and oxygen atoms in total. The topological polar surface area (TPSA) is 144 Å². The Balaban J connectivity index is 2.18. The van der Waals surface area contributed by atoms with Crippen molar-refractivity contribution >= 4 is 29.3 Å². The molecule has 20 heavy (non-hydrogen) atoms. The van der Waals surface area contributed by atoms with Crippen LogP contribution in [0.5, 0.6) is 0 Å². The molecule has 1 aliphatic rings. The van der Waals surface area contributed by atoms with Gasteiger partial charge in [-0.25, -0.2) is 5.43 Å². The van der Waals surface area contributed by atoms with E-state index in [0.717, 1.165) is 0 Å². The van der Waals surface area contributed by atoms with Crippen molar-refractivity contribution in [2.24, 2.45) is 16.8 Å². The van der Waals surface area contributed by atoms with Gasteiger partial charge in [0.2, 0.25) is 11.8 Å². The number of hydrogen-bond donors (Lipinski definition) is 3. The smallest absolute Gasteiger partial charge is 0.275 e. The van der Waals surface area contributed by atoms with Crippen molar-refractivity contribution in [3.63, 3.8) is 0 Å². The van der Waals surface area contributed by atoms with E-state index in [9.17, 15) is 19.2 Å². The number of pyridine rings is 1. The maximum Gasteiger partial charge on any atom is 0.275 e. The number of rotatable bonds is 3. The van der Waals surface area contributed by atoms with Crippen LogP contribution in [0.1, 0.15) is 10.4 Å². The molecule has 1 aliphatic heterocycles. The van der Waals surface area contributed by atoms with Crippen molar-refractivity contribution in [1.82, 2.24) is 15.7 Å². The molecule has 0 saturated carbocycles. The van der Waals surface area contributed by atoms with Crippen LogP contribution < -0.4 is 16.5 Å². The summed E-state index contributed by atoms with van der Waals surface area (Å²) in [4.78, 5) is 49.2. The predicted octanol–water partition coefficient (Wildman–Crippen LogP) is -2.07. The van der Waals surface area contributed by atoms with E-state index >= 15 is 0 Å². The second-order valence-corrected chi connectivity index (χ2v) is 3.83. The molecule has 0 bridgehead atoms. The van der Waals surface area contributed by atoms with Crippen molar-refractivity contribution in [3.8, 4) is 0 Å². The van der Waals surface area contributed by atoms with E-state index in [2.05, 4.69) is 15.5 Å². The minimum Gasteiger partial charge on any atom is -0.369 e. The second-order valence-electron chi connectivity index (χ2n) is 3.83. The Morgan fingerprint density at radius 1 is 1.30 bits per heavy atom. The summed E-state index contributed by atoms with van der Waals surface area (Å²) in [5, 5.41) is 5.39. The van der Waals surface area contributed by atoms with Crippen LogP contribution in [0.3, 0.4) is 0 Å². The van der Waals surface area contributed by atoms with Crippen LogP contribution in [0.4, 0.5) is 0 Å². The van der Waals surface area contributed by atoms with Gasteiger partial charge in [-0.1, -0.05) is 0 Å². The number of imide groups is 1. The SMILES string of the molecule is NC(=O)C1C(=O)NC(=O)C1=NNC(=O)c1ccncc1. The normalized spacial score (nSPS) is 19.8. The zero-order valence-electron chi connectivity index (χ0n) is 9.99.